The first-order valence-corrected chi connectivity index (χ1v) is 20.8. The molecule has 0 atom stereocenters. The second kappa shape index (κ2) is 16.6. The van der Waals surface area contributed by atoms with Gasteiger partial charge in [0.05, 0.1) is 17.1 Å². The number of aromatic nitrogens is 7. The molecule has 59 heavy (non-hydrogen) atoms. The molecular formula is C48H61N11. The van der Waals surface area contributed by atoms with Gasteiger partial charge in [-0.05, 0) is 142 Å². The predicted octanol–water partition coefficient (Wildman–Crippen LogP) is 9.03. The van der Waals surface area contributed by atoms with E-state index in [1.54, 1.807) is 0 Å². The van der Waals surface area contributed by atoms with Crippen LogP contribution in [0.15, 0.2) is 116 Å². The summed E-state index contributed by atoms with van der Waals surface area (Å²) in [6, 6.07) is 31.3. The van der Waals surface area contributed by atoms with Gasteiger partial charge >= 0.3 is 0 Å². The molecule has 2 aliphatic heterocycles. The summed E-state index contributed by atoms with van der Waals surface area (Å²) in [5.41, 5.74) is 6.07. The van der Waals surface area contributed by atoms with Gasteiger partial charge in [0, 0.05) is 89.8 Å². The fraction of sp³-hybridized carbons (Fsp3) is 0.417. The molecule has 11 heteroatoms. The maximum absolute atomic E-state index is 4.60. The van der Waals surface area contributed by atoms with E-state index < -0.39 is 0 Å². The van der Waals surface area contributed by atoms with Crippen LogP contribution in [0.1, 0.15) is 81.1 Å². The van der Waals surface area contributed by atoms with Gasteiger partial charge in [-0.25, -0.2) is 4.98 Å². The van der Waals surface area contributed by atoms with E-state index in [9.17, 15) is 0 Å². The van der Waals surface area contributed by atoms with Gasteiger partial charge in [-0.2, -0.15) is 0 Å². The molecule has 2 aliphatic rings. The fourth-order valence-corrected chi connectivity index (χ4v) is 9.30. The first kappa shape index (κ1) is 41.6. The molecule has 0 bridgehead atoms. The Balaban J connectivity index is 0.000000179. The van der Waals surface area contributed by atoms with Crippen LogP contribution >= 0.6 is 0 Å². The molecule has 11 nitrogen and oxygen atoms in total. The monoisotopic (exact) mass is 792 g/mol. The molecule has 0 saturated carbocycles. The number of nitrogens with zero attached hydrogens (tertiary/aromatic N) is 9. The lowest BCUT2D eigenvalue weighted by atomic mass is 9.79. The van der Waals surface area contributed by atoms with Crippen molar-refractivity contribution in [1.29, 1.82) is 0 Å². The van der Waals surface area contributed by atoms with E-state index in [-0.39, 0.29) is 22.2 Å². The van der Waals surface area contributed by atoms with Gasteiger partial charge in [-0.15, -0.1) is 20.4 Å². The third-order valence-electron chi connectivity index (χ3n) is 11.5. The Kier molecular flexibility index (Phi) is 11.7. The number of pyridine rings is 2. The van der Waals surface area contributed by atoms with Crippen LogP contribution < -0.4 is 20.4 Å². The van der Waals surface area contributed by atoms with Crippen LogP contribution in [0, 0.1) is 0 Å². The minimum absolute atomic E-state index is 0.0974. The number of rotatable bonds is 8. The summed E-state index contributed by atoms with van der Waals surface area (Å²) in [4.78, 5) is 13.7. The summed E-state index contributed by atoms with van der Waals surface area (Å²) in [6.45, 7) is 18.2. The van der Waals surface area contributed by atoms with Crippen LogP contribution in [0.2, 0.25) is 0 Å². The summed E-state index contributed by atoms with van der Waals surface area (Å²) in [6.07, 6.45) is 12.0. The zero-order valence-corrected chi connectivity index (χ0v) is 36.5. The molecule has 5 aromatic heterocycles. The molecule has 7 heterocycles. The molecule has 8 rings (SSSR count). The fourth-order valence-electron chi connectivity index (χ4n) is 9.30. The Morgan fingerprint density at radius 2 is 0.915 bits per heavy atom. The van der Waals surface area contributed by atoms with E-state index in [0.717, 1.165) is 76.9 Å². The normalized spacial score (nSPS) is 18.3. The minimum atomic E-state index is 0.0974. The molecular weight excluding hydrogens is 731 g/mol. The van der Waals surface area contributed by atoms with Crippen LogP contribution in [0.3, 0.4) is 0 Å². The number of hydrogen-bond donors (Lipinski definition) is 2. The van der Waals surface area contributed by atoms with E-state index in [1.165, 1.54) is 0 Å². The lowest BCUT2D eigenvalue weighted by Gasteiger charge is -2.49. The smallest absolute Gasteiger partial charge is 0.151 e. The molecule has 0 unspecified atom stereocenters. The van der Waals surface area contributed by atoms with E-state index >= 15 is 0 Å². The number of benzene rings is 1. The van der Waals surface area contributed by atoms with Gasteiger partial charge in [0.2, 0.25) is 0 Å². The summed E-state index contributed by atoms with van der Waals surface area (Å²) in [5, 5.41) is 25.5. The zero-order chi connectivity index (χ0) is 42.0. The van der Waals surface area contributed by atoms with Crippen LogP contribution in [0.5, 0.6) is 0 Å². The summed E-state index contributed by atoms with van der Waals surface area (Å²) in [5.74, 6) is 2.70. The van der Waals surface area contributed by atoms with Crippen molar-refractivity contribution in [1.82, 2.24) is 45.6 Å². The largest absolute Gasteiger partial charge is 0.355 e. The Labute approximate surface area is 350 Å². The highest BCUT2D eigenvalue weighted by Crippen LogP contribution is 2.34. The maximum Gasteiger partial charge on any atom is 0.151 e. The topological polar surface area (TPSA) is 113 Å². The van der Waals surface area contributed by atoms with Gasteiger partial charge < -0.3 is 25.0 Å². The molecule has 2 N–H and O–H groups in total. The van der Waals surface area contributed by atoms with Gasteiger partial charge in [0.15, 0.2) is 11.6 Å². The average molecular weight is 792 g/mol. The molecule has 0 radical (unpaired) electrons. The first-order valence-electron chi connectivity index (χ1n) is 20.8. The number of hydrogen-bond acceptors (Lipinski definition) is 10. The quantitative estimate of drug-likeness (QED) is 0.155. The third-order valence-corrected chi connectivity index (χ3v) is 11.5. The van der Waals surface area contributed by atoms with Crippen molar-refractivity contribution >= 4 is 11.6 Å². The van der Waals surface area contributed by atoms with E-state index in [0.29, 0.717) is 12.1 Å². The van der Waals surface area contributed by atoms with Gasteiger partial charge in [-0.1, -0.05) is 30.3 Å². The second-order valence-electron chi connectivity index (χ2n) is 19.0. The Morgan fingerprint density at radius 3 is 1.31 bits per heavy atom. The highest BCUT2D eigenvalue weighted by molar-refractivity contribution is 5.65. The Morgan fingerprint density at radius 1 is 0.475 bits per heavy atom. The second-order valence-corrected chi connectivity index (χ2v) is 19.0. The molecule has 0 spiro atoms. The third kappa shape index (κ3) is 10.4. The molecule has 2 fully saturated rings. The van der Waals surface area contributed by atoms with Crippen LogP contribution in [0.4, 0.5) is 11.6 Å². The van der Waals surface area contributed by atoms with Crippen LogP contribution in [-0.2, 0) is 0 Å². The van der Waals surface area contributed by atoms with E-state index in [2.05, 4.69) is 151 Å². The Hall–Kier alpha value is -5.52. The number of piperidine rings is 2. The minimum Gasteiger partial charge on any atom is -0.355 e. The lowest BCUT2D eigenvalue weighted by molar-refractivity contribution is 0.160. The average Bonchev–Trinajstić information content (AvgIpc) is 3.74. The predicted molar refractivity (Wildman–Crippen MR) is 241 cm³/mol. The van der Waals surface area contributed by atoms with Crippen molar-refractivity contribution in [3.8, 4) is 39.6 Å². The van der Waals surface area contributed by atoms with Crippen molar-refractivity contribution in [2.24, 2.45) is 0 Å². The molecule has 0 amide bonds. The lowest BCUT2D eigenvalue weighted by Crippen LogP contribution is -2.62. The van der Waals surface area contributed by atoms with Crippen molar-refractivity contribution < 1.29 is 0 Å². The van der Waals surface area contributed by atoms with Crippen LogP contribution in [0.25, 0.3) is 39.6 Å². The van der Waals surface area contributed by atoms with Gasteiger partial charge in [-0.3, -0.25) is 4.98 Å². The molecule has 6 aromatic rings. The van der Waals surface area contributed by atoms with Gasteiger partial charge in [0.25, 0.3) is 0 Å². The zero-order valence-electron chi connectivity index (χ0n) is 36.5. The standard InChI is InChI=1S/C25H31N5.C23H30N6/c1-24(2)15-20(16-25(3,4)29-24)30(5)23-14-13-22(27-28-23)19-11-12-21(26-17-19)18-9-7-6-8-10-18;1-22(2)14-18(15-23(3,4)27-22)28(5)21-11-9-19(25-26-21)17-8-10-20(24-16-17)29-12-6-7-13-29/h6-14,17,20,29H,15-16H2,1-5H3;6-13,16,18,27H,14-15H2,1-5H3. The Bertz CT molecular complexity index is 2220. The van der Waals surface area contributed by atoms with Crippen molar-refractivity contribution in [2.75, 3.05) is 23.9 Å². The summed E-state index contributed by atoms with van der Waals surface area (Å²) < 4.78 is 1.98. The summed E-state index contributed by atoms with van der Waals surface area (Å²) in [7, 11) is 4.25. The van der Waals surface area contributed by atoms with Crippen LogP contribution in [-0.4, -0.2) is 83.3 Å². The SMILES string of the molecule is CN(c1ccc(-c2ccc(-c3ccccc3)nc2)nn1)C1CC(C)(C)NC(C)(C)C1.CN(c1ccc(-c2ccc(-n3cccc3)nc2)nn1)C1CC(C)(C)NC(C)(C)C1. The highest BCUT2D eigenvalue weighted by atomic mass is 15.3. The number of nitrogens with one attached hydrogen (secondary N) is 2. The van der Waals surface area contributed by atoms with Crippen molar-refractivity contribution in [3.63, 3.8) is 0 Å². The number of anilines is 2. The molecule has 308 valence electrons. The molecule has 2 saturated heterocycles. The van der Waals surface area contributed by atoms with Crippen molar-refractivity contribution in [3.05, 3.63) is 116 Å². The van der Waals surface area contributed by atoms with E-state index in [4.69, 9.17) is 0 Å². The van der Waals surface area contributed by atoms with Crippen molar-refractivity contribution in [2.45, 2.75) is 115 Å². The molecule has 0 aliphatic carbocycles. The highest BCUT2D eigenvalue weighted by Gasteiger charge is 2.40. The maximum atomic E-state index is 4.60. The first-order chi connectivity index (χ1) is 27.9. The summed E-state index contributed by atoms with van der Waals surface area (Å²) >= 11 is 0. The van der Waals surface area contributed by atoms with E-state index in [1.807, 2.05) is 90.0 Å². The van der Waals surface area contributed by atoms with Gasteiger partial charge in [0.1, 0.15) is 5.82 Å². The molecule has 1 aromatic carbocycles.